The molecule has 42 heavy (non-hydrogen) atoms. The SMILES string of the molecule is N#Cc1cccc([N+]2(C(=O)c3ccc4c(c3)C(NC(=O)c3ccccc3Cl)CC4)CCC3(CCN(C(=O)O)CC3)C2)c1. The van der Waals surface area contributed by atoms with E-state index in [-0.39, 0.29) is 27.8 Å². The van der Waals surface area contributed by atoms with Crippen LogP contribution >= 0.6 is 11.6 Å². The average Bonchev–Trinajstić information content (AvgIpc) is 3.59. The van der Waals surface area contributed by atoms with Gasteiger partial charge < -0.3 is 15.3 Å². The van der Waals surface area contributed by atoms with Gasteiger partial charge in [0, 0.05) is 31.0 Å². The van der Waals surface area contributed by atoms with Crippen LogP contribution in [-0.4, -0.2) is 54.1 Å². The Bertz CT molecular complexity index is 1620. The molecule has 8 nitrogen and oxygen atoms in total. The highest BCUT2D eigenvalue weighted by molar-refractivity contribution is 6.33. The fourth-order valence-corrected chi connectivity index (χ4v) is 7.33. The van der Waals surface area contributed by atoms with E-state index in [2.05, 4.69) is 11.4 Å². The summed E-state index contributed by atoms with van der Waals surface area (Å²) in [6, 6.07) is 22.0. The van der Waals surface area contributed by atoms with Crippen LogP contribution in [0.1, 0.15) is 69.1 Å². The summed E-state index contributed by atoms with van der Waals surface area (Å²) in [6.45, 7) is 2.03. The number of rotatable bonds is 4. The minimum Gasteiger partial charge on any atom is -0.465 e. The minimum absolute atomic E-state index is 0.0477. The van der Waals surface area contributed by atoms with Crippen molar-refractivity contribution < 1.29 is 19.5 Å². The van der Waals surface area contributed by atoms with Crippen LogP contribution in [0.5, 0.6) is 0 Å². The van der Waals surface area contributed by atoms with Gasteiger partial charge in [0.15, 0.2) is 0 Å². The predicted octanol–water partition coefficient (Wildman–Crippen LogP) is 5.94. The van der Waals surface area contributed by atoms with Crippen LogP contribution in [0.3, 0.4) is 0 Å². The molecule has 2 atom stereocenters. The van der Waals surface area contributed by atoms with Crippen molar-refractivity contribution in [1.29, 1.82) is 5.26 Å². The lowest BCUT2D eigenvalue weighted by atomic mass is 9.77. The Labute approximate surface area is 249 Å². The van der Waals surface area contributed by atoms with Crippen LogP contribution < -0.4 is 9.80 Å². The quantitative estimate of drug-likeness (QED) is 0.369. The third-order valence-electron chi connectivity index (χ3n) is 9.48. The lowest BCUT2D eigenvalue weighted by molar-refractivity contribution is 0.0713. The molecule has 2 fully saturated rings. The maximum Gasteiger partial charge on any atom is 0.407 e. The second-order valence-electron chi connectivity index (χ2n) is 11.8. The van der Waals surface area contributed by atoms with E-state index in [0.717, 1.165) is 36.1 Å². The van der Waals surface area contributed by atoms with E-state index in [1.165, 1.54) is 4.90 Å². The maximum atomic E-state index is 14.6. The molecule has 1 spiro atoms. The lowest BCUT2D eigenvalue weighted by Gasteiger charge is -2.39. The van der Waals surface area contributed by atoms with Crippen molar-refractivity contribution in [2.75, 3.05) is 26.2 Å². The third-order valence-corrected chi connectivity index (χ3v) is 9.81. The van der Waals surface area contributed by atoms with Crippen molar-refractivity contribution in [1.82, 2.24) is 14.7 Å². The molecule has 2 saturated heterocycles. The number of nitriles is 1. The Kier molecular flexibility index (Phi) is 7.25. The molecule has 0 bridgehead atoms. The Morgan fingerprint density at radius 2 is 1.81 bits per heavy atom. The van der Waals surface area contributed by atoms with Gasteiger partial charge in [0.1, 0.15) is 5.69 Å². The van der Waals surface area contributed by atoms with Crippen molar-refractivity contribution in [3.8, 4) is 6.07 Å². The first kappa shape index (κ1) is 28.0. The second kappa shape index (κ2) is 10.9. The first-order chi connectivity index (χ1) is 20.2. The summed E-state index contributed by atoms with van der Waals surface area (Å²) >= 11 is 6.27. The van der Waals surface area contributed by atoms with Crippen molar-refractivity contribution >= 4 is 35.2 Å². The minimum atomic E-state index is -0.907. The first-order valence-electron chi connectivity index (χ1n) is 14.3. The zero-order chi connectivity index (χ0) is 29.5. The van der Waals surface area contributed by atoms with Crippen LogP contribution in [0.2, 0.25) is 5.02 Å². The highest BCUT2D eigenvalue weighted by Gasteiger charge is 2.55. The van der Waals surface area contributed by atoms with Gasteiger partial charge in [-0.15, -0.1) is 0 Å². The normalized spacial score (nSPS) is 22.4. The molecule has 0 saturated carbocycles. The molecular formula is C33H32ClN4O4+. The highest BCUT2D eigenvalue weighted by atomic mass is 35.5. The number of nitrogens with zero attached hydrogens (tertiary/aromatic N) is 3. The van der Waals surface area contributed by atoms with Crippen LogP contribution in [0, 0.1) is 16.7 Å². The Hall–Kier alpha value is -4.19. The Morgan fingerprint density at radius 3 is 2.55 bits per heavy atom. The molecule has 3 aromatic rings. The van der Waals surface area contributed by atoms with Crippen molar-refractivity contribution in [2.24, 2.45) is 5.41 Å². The number of hydrogen-bond acceptors (Lipinski definition) is 4. The monoisotopic (exact) mass is 583 g/mol. The molecular weight excluding hydrogens is 552 g/mol. The van der Waals surface area contributed by atoms with Gasteiger partial charge in [0.25, 0.3) is 5.91 Å². The number of fused-ring (bicyclic) bond motifs is 1. The number of benzene rings is 3. The van der Waals surface area contributed by atoms with Crippen LogP contribution in [0.25, 0.3) is 0 Å². The van der Waals surface area contributed by atoms with Gasteiger partial charge in [-0.2, -0.15) is 5.26 Å². The summed E-state index contributed by atoms with van der Waals surface area (Å²) in [7, 11) is 0. The number of piperidine rings is 1. The summed E-state index contributed by atoms with van der Waals surface area (Å²) < 4.78 is 0.0814. The van der Waals surface area contributed by atoms with E-state index in [1.54, 1.807) is 30.3 Å². The number of hydrogen-bond donors (Lipinski definition) is 2. The van der Waals surface area contributed by atoms with E-state index < -0.39 is 6.09 Å². The zero-order valence-corrected chi connectivity index (χ0v) is 23.9. The lowest BCUT2D eigenvalue weighted by Crippen LogP contribution is -2.55. The summed E-state index contributed by atoms with van der Waals surface area (Å²) in [5.41, 5.74) is 4.14. The van der Waals surface area contributed by atoms with Gasteiger partial charge in [0.05, 0.1) is 46.9 Å². The molecule has 1 aliphatic carbocycles. The average molecular weight is 584 g/mol. The molecule has 3 aliphatic rings. The van der Waals surface area contributed by atoms with E-state index in [0.29, 0.717) is 60.7 Å². The number of carbonyl (C=O) groups is 3. The topological polar surface area (TPSA) is 111 Å². The summed E-state index contributed by atoms with van der Waals surface area (Å²) in [4.78, 5) is 40.7. The molecule has 3 amide bonds. The molecule has 2 heterocycles. The number of nitrogens with one attached hydrogen (secondary N) is 1. The molecule has 2 N–H and O–H groups in total. The van der Waals surface area contributed by atoms with E-state index >= 15 is 0 Å². The van der Waals surface area contributed by atoms with Gasteiger partial charge >= 0.3 is 12.0 Å². The smallest absolute Gasteiger partial charge is 0.407 e. The molecule has 9 heteroatoms. The fourth-order valence-electron chi connectivity index (χ4n) is 7.11. The zero-order valence-electron chi connectivity index (χ0n) is 23.2. The number of carboxylic acid groups (broad SMARTS) is 1. The molecule has 6 rings (SSSR count). The van der Waals surface area contributed by atoms with Gasteiger partial charge in [-0.05, 0) is 73.2 Å². The van der Waals surface area contributed by atoms with E-state index in [4.69, 9.17) is 11.6 Å². The third kappa shape index (κ3) is 4.93. The van der Waals surface area contributed by atoms with Crippen LogP contribution in [-0.2, 0) is 6.42 Å². The number of carbonyl (C=O) groups excluding carboxylic acids is 2. The largest absolute Gasteiger partial charge is 0.465 e. The molecule has 2 aliphatic heterocycles. The van der Waals surface area contributed by atoms with Crippen LogP contribution in [0.15, 0.2) is 66.7 Å². The van der Waals surface area contributed by atoms with Crippen molar-refractivity contribution in [3.63, 3.8) is 0 Å². The standard InChI is InChI=1S/C33H31ClN4O4/c34-28-7-2-1-6-26(28)30(39)36-29-11-10-23-8-9-24(19-27(23)29)31(40)38(25-5-3-4-22(18-25)20-35)17-14-33(21-38)12-15-37(16-13-33)32(41)42/h1-9,18-19,29H,10-17,21H2,(H-,36,39,41,42)/p+1. The molecule has 0 aromatic heterocycles. The maximum absolute atomic E-state index is 14.6. The summed E-state index contributed by atoms with van der Waals surface area (Å²) in [5, 5.41) is 22.6. The number of quaternary nitrogens is 1. The van der Waals surface area contributed by atoms with E-state index in [1.807, 2.05) is 36.4 Å². The Balaban J connectivity index is 1.32. The predicted molar refractivity (Wildman–Crippen MR) is 159 cm³/mol. The number of aryl methyl sites for hydroxylation is 1. The number of amides is 3. The van der Waals surface area contributed by atoms with Crippen molar-refractivity contribution in [3.05, 3.63) is 99.6 Å². The Morgan fingerprint density at radius 1 is 1.02 bits per heavy atom. The molecule has 3 aromatic carbocycles. The number of likely N-dealkylation sites (tertiary alicyclic amines) is 2. The molecule has 2 unspecified atom stereocenters. The van der Waals surface area contributed by atoms with Gasteiger partial charge in [-0.1, -0.05) is 35.9 Å². The molecule has 0 radical (unpaired) electrons. The second-order valence-corrected chi connectivity index (χ2v) is 12.2. The van der Waals surface area contributed by atoms with Crippen molar-refractivity contribution in [2.45, 2.75) is 38.1 Å². The van der Waals surface area contributed by atoms with Crippen LogP contribution in [0.4, 0.5) is 10.5 Å². The van der Waals surface area contributed by atoms with Gasteiger partial charge in [-0.25, -0.2) is 14.1 Å². The summed E-state index contributed by atoms with van der Waals surface area (Å²) in [5.74, 6) is -0.297. The molecule has 214 valence electrons. The number of halogens is 1. The van der Waals surface area contributed by atoms with Gasteiger partial charge in [0.2, 0.25) is 0 Å². The van der Waals surface area contributed by atoms with E-state index in [9.17, 15) is 24.8 Å². The highest BCUT2D eigenvalue weighted by Crippen LogP contribution is 2.47. The first-order valence-corrected chi connectivity index (χ1v) is 14.7. The fraction of sp³-hybridized carbons (Fsp3) is 0.333. The van der Waals surface area contributed by atoms with Gasteiger partial charge in [-0.3, -0.25) is 4.79 Å². The summed E-state index contributed by atoms with van der Waals surface area (Å²) in [6.07, 6.45) is 2.82.